The lowest BCUT2D eigenvalue weighted by Gasteiger charge is -2.28. The number of fused-ring (bicyclic) bond motifs is 1. The molecule has 0 aromatic carbocycles. The molecule has 7 heteroatoms. The van der Waals surface area contributed by atoms with E-state index in [9.17, 15) is 8.78 Å². The van der Waals surface area contributed by atoms with Gasteiger partial charge in [-0.3, -0.25) is 0 Å². The highest BCUT2D eigenvalue weighted by atomic mass is 19.3. The maximum absolute atomic E-state index is 13.2. The Morgan fingerprint density at radius 1 is 1.33 bits per heavy atom. The average Bonchev–Trinajstić information content (AvgIpc) is 2.88. The molecule has 0 bridgehead atoms. The van der Waals surface area contributed by atoms with Crippen molar-refractivity contribution in [2.24, 2.45) is 5.92 Å². The summed E-state index contributed by atoms with van der Waals surface area (Å²) < 4.78 is 28.0. The fraction of sp³-hybridized carbons (Fsp3) is 0.643. The van der Waals surface area contributed by atoms with E-state index in [1.165, 1.54) is 0 Å². The lowest BCUT2D eigenvalue weighted by molar-refractivity contribution is -0.0443. The number of hydrogen-bond acceptors (Lipinski definition) is 4. The fourth-order valence-electron chi connectivity index (χ4n) is 2.81. The minimum atomic E-state index is -2.47. The molecule has 1 fully saturated rings. The summed E-state index contributed by atoms with van der Waals surface area (Å²) in [6.07, 6.45) is 2.67. The molecular weight excluding hydrogens is 276 g/mol. The van der Waals surface area contributed by atoms with Gasteiger partial charge in [0.05, 0.1) is 11.4 Å². The summed E-state index contributed by atoms with van der Waals surface area (Å²) in [6.45, 7) is 4.60. The Hall–Kier alpha value is -1.79. The summed E-state index contributed by atoms with van der Waals surface area (Å²) in [4.78, 5) is 0. The number of aromatic nitrogens is 4. The molecule has 0 aliphatic heterocycles. The molecule has 0 amide bonds. The van der Waals surface area contributed by atoms with Crippen molar-refractivity contribution in [3.8, 4) is 0 Å². The van der Waals surface area contributed by atoms with Crippen molar-refractivity contribution in [3.05, 3.63) is 17.6 Å². The van der Waals surface area contributed by atoms with Crippen LogP contribution in [0.25, 0.3) is 5.65 Å². The second-order valence-corrected chi connectivity index (χ2v) is 5.86. The van der Waals surface area contributed by atoms with Crippen LogP contribution in [0.2, 0.25) is 0 Å². The first-order valence-corrected chi connectivity index (χ1v) is 7.25. The minimum Gasteiger partial charge on any atom is -0.381 e. The molecule has 0 saturated heterocycles. The maximum Gasteiger partial charge on any atom is 0.248 e. The maximum atomic E-state index is 13.2. The monoisotopic (exact) mass is 295 g/mol. The van der Waals surface area contributed by atoms with Crippen LogP contribution in [0.5, 0.6) is 0 Å². The van der Waals surface area contributed by atoms with E-state index < -0.39 is 5.92 Å². The summed E-state index contributed by atoms with van der Waals surface area (Å²) in [5.41, 5.74) is 3.51. The summed E-state index contributed by atoms with van der Waals surface area (Å²) in [6, 6.07) is 0. The van der Waals surface area contributed by atoms with Gasteiger partial charge in [0, 0.05) is 19.4 Å². The number of anilines is 1. The molecule has 3 rings (SSSR count). The molecule has 0 atom stereocenters. The van der Waals surface area contributed by atoms with Crippen LogP contribution in [0.15, 0.2) is 6.33 Å². The van der Waals surface area contributed by atoms with Gasteiger partial charge in [-0.1, -0.05) is 0 Å². The van der Waals surface area contributed by atoms with Crippen LogP contribution in [0.3, 0.4) is 0 Å². The average molecular weight is 295 g/mol. The number of alkyl halides is 2. The van der Waals surface area contributed by atoms with Crippen LogP contribution in [0.4, 0.5) is 14.5 Å². The van der Waals surface area contributed by atoms with Crippen molar-refractivity contribution in [2.45, 2.75) is 45.5 Å². The molecule has 1 saturated carbocycles. The van der Waals surface area contributed by atoms with Gasteiger partial charge >= 0.3 is 0 Å². The Bertz CT molecular complexity index is 642. The molecule has 5 nitrogen and oxygen atoms in total. The zero-order valence-electron chi connectivity index (χ0n) is 12.2. The van der Waals surface area contributed by atoms with Gasteiger partial charge in [0.15, 0.2) is 0 Å². The van der Waals surface area contributed by atoms with Crippen LogP contribution >= 0.6 is 0 Å². The van der Waals surface area contributed by atoms with Gasteiger partial charge in [-0.25, -0.2) is 8.78 Å². The summed E-state index contributed by atoms with van der Waals surface area (Å²) in [7, 11) is 0. The van der Waals surface area contributed by atoms with E-state index in [2.05, 4.69) is 20.6 Å². The van der Waals surface area contributed by atoms with Crippen molar-refractivity contribution in [2.75, 3.05) is 11.9 Å². The zero-order chi connectivity index (χ0) is 15.0. The number of halogens is 2. The van der Waals surface area contributed by atoms with Crippen molar-refractivity contribution in [1.29, 1.82) is 0 Å². The molecule has 2 heterocycles. The number of nitrogens with one attached hydrogen (secondary N) is 1. The van der Waals surface area contributed by atoms with E-state index in [0.29, 0.717) is 25.0 Å². The van der Waals surface area contributed by atoms with Crippen molar-refractivity contribution in [1.82, 2.24) is 19.8 Å². The standard InChI is InChI=1S/C14H19F2N5/c1-9-10(2)20-21-8-18-19-13(21)12(9)17-7-11-3-5-14(15,16)6-4-11/h8,11,17H,3-7H2,1-2H3. The lowest BCUT2D eigenvalue weighted by Crippen LogP contribution is -2.28. The quantitative estimate of drug-likeness (QED) is 0.946. The topological polar surface area (TPSA) is 55.1 Å². The van der Waals surface area contributed by atoms with E-state index in [0.717, 1.165) is 16.9 Å². The zero-order valence-corrected chi connectivity index (χ0v) is 12.2. The fourth-order valence-corrected chi connectivity index (χ4v) is 2.81. The number of aryl methyl sites for hydroxylation is 1. The SMILES string of the molecule is Cc1nn2cnnc2c(NCC2CCC(F)(F)CC2)c1C. The molecule has 1 aliphatic rings. The first kappa shape index (κ1) is 14.2. The van der Waals surface area contributed by atoms with Crippen molar-refractivity contribution >= 4 is 11.3 Å². The minimum absolute atomic E-state index is 0.00591. The normalized spacial score (nSPS) is 19.0. The summed E-state index contributed by atoms with van der Waals surface area (Å²) in [5.74, 6) is -2.19. The third-order valence-electron chi connectivity index (χ3n) is 4.33. The second kappa shape index (κ2) is 5.20. The Morgan fingerprint density at radius 3 is 2.76 bits per heavy atom. The van der Waals surface area contributed by atoms with Gasteiger partial charge < -0.3 is 5.32 Å². The molecule has 2 aromatic heterocycles. The van der Waals surface area contributed by atoms with Gasteiger partial charge in [-0.05, 0) is 38.2 Å². The van der Waals surface area contributed by atoms with E-state index in [1.807, 2.05) is 13.8 Å². The molecular formula is C14H19F2N5. The lowest BCUT2D eigenvalue weighted by atomic mass is 9.87. The summed E-state index contributed by atoms with van der Waals surface area (Å²) in [5, 5.41) is 15.7. The van der Waals surface area contributed by atoms with Crippen LogP contribution < -0.4 is 5.32 Å². The number of nitrogens with zero attached hydrogens (tertiary/aromatic N) is 4. The second-order valence-electron chi connectivity index (χ2n) is 5.86. The Kier molecular flexibility index (Phi) is 3.51. The largest absolute Gasteiger partial charge is 0.381 e. The highest BCUT2D eigenvalue weighted by molar-refractivity contribution is 5.71. The van der Waals surface area contributed by atoms with Crippen LogP contribution in [-0.2, 0) is 0 Å². The van der Waals surface area contributed by atoms with Crippen LogP contribution in [0.1, 0.15) is 36.9 Å². The Balaban J connectivity index is 1.74. The Labute approximate surface area is 121 Å². The first-order chi connectivity index (χ1) is 9.96. The third-order valence-corrected chi connectivity index (χ3v) is 4.33. The number of hydrogen-bond donors (Lipinski definition) is 1. The van der Waals surface area contributed by atoms with E-state index in [1.54, 1.807) is 10.8 Å². The predicted molar refractivity (Wildman–Crippen MR) is 75.7 cm³/mol. The van der Waals surface area contributed by atoms with E-state index in [-0.39, 0.29) is 18.8 Å². The number of rotatable bonds is 3. The smallest absolute Gasteiger partial charge is 0.248 e. The highest BCUT2D eigenvalue weighted by Crippen LogP contribution is 2.36. The molecule has 114 valence electrons. The van der Waals surface area contributed by atoms with Gasteiger partial charge in [0.25, 0.3) is 0 Å². The van der Waals surface area contributed by atoms with Gasteiger partial charge in [0.2, 0.25) is 11.6 Å². The highest BCUT2D eigenvalue weighted by Gasteiger charge is 2.34. The summed E-state index contributed by atoms with van der Waals surface area (Å²) >= 11 is 0. The Morgan fingerprint density at radius 2 is 2.05 bits per heavy atom. The van der Waals surface area contributed by atoms with Crippen LogP contribution in [-0.4, -0.2) is 32.3 Å². The molecule has 2 aromatic rings. The third kappa shape index (κ3) is 2.82. The molecule has 21 heavy (non-hydrogen) atoms. The molecule has 1 aliphatic carbocycles. The van der Waals surface area contributed by atoms with Gasteiger partial charge in [-0.2, -0.15) is 9.61 Å². The van der Waals surface area contributed by atoms with E-state index in [4.69, 9.17) is 0 Å². The molecule has 1 N–H and O–H groups in total. The van der Waals surface area contributed by atoms with E-state index >= 15 is 0 Å². The van der Waals surface area contributed by atoms with Crippen LogP contribution in [0, 0.1) is 19.8 Å². The van der Waals surface area contributed by atoms with Gasteiger partial charge in [0.1, 0.15) is 6.33 Å². The first-order valence-electron chi connectivity index (χ1n) is 7.25. The molecule has 0 unspecified atom stereocenters. The molecule has 0 spiro atoms. The predicted octanol–water partition coefficient (Wildman–Crippen LogP) is 2.98. The van der Waals surface area contributed by atoms with Crippen molar-refractivity contribution < 1.29 is 8.78 Å². The molecule has 0 radical (unpaired) electrons. The van der Waals surface area contributed by atoms with Gasteiger partial charge in [-0.15, -0.1) is 10.2 Å². The van der Waals surface area contributed by atoms with Crippen molar-refractivity contribution in [3.63, 3.8) is 0 Å².